The quantitative estimate of drug-likeness (QED) is 0.658. The summed E-state index contributed by atoms with van der Waals surface area (Å²) in [7, 11) is 0. The van der Waals surface area contributed by atoms with Gasteiger partial charge >= 0.3 is 0 Å². The number of hydrogen-bond donors (Lipinski definition) is 1. The Morgan fingerprint density at radius 3 is 2.81 bits per heavy atom. The normalized spacial score (nSPS) is 26.4. The first-order valence-corrected chi connectivity index (χ1v) is 8.26. The number of hydrogen-bond acceptors (Lipinski definition) is 3. The Kier molecular flexibility index (Phi) is 5.46. The lowest BCUT2D eigenvalue weighted by molar-refractivity contribution is 0.317. The van der Waals surface area contributed by atoms with Crippen molar-refractivity contribution < 1.29 is 0 Å². The molecule has 0 radical (unpaired) electrons. The number of thioether (sulfide) groups is 1. The van der Waals surface area contributed by atoms with Crippen molar-refractivity contribution in [2.75, 3.05) is 31.6 Å². The zero-order valence-corrected chi connectivity index (χ0v) is 11.4. The fourth-order valence-corrected chi connectivity index (χ4v) is 3.07. The van der Waals surface area contributed by atoms with E-state index < -0.39 is 0 Å². The van der Waals surface area contributed by atoms with E-state index in [-0.39, 0.29) is 0 Å². The van der Waals surface area contributed by atoms with Gasteiger partial charge < -0.3 is 5.32 Å². The van der Waals surface area contributed by atoms with Gasteiger partial charge in [0, 0.05) is 25.2 Å². The molecule has 0 aromatic rings. The Labute approximate surface area is 105 Å². The topological polar surface area (TPSA) is 15.3 Å². The van der Waals surface area contributed by atoms with E-state index in [1.54, 1.807) is 0 Å². The molecule has 1 saturated heterocycles. The van der Waals surface area contributed by atoms with Gasteiger partial charge in [0.15, 0.2) is 0 Å². The summed E-state index contributed by atoms with van der Waals surface area (Å²) in [5.74, 6) is 1.33. The Morgan fingerprint density at radius 1 is 1.19 bits per heavy atom. The van der Waals surface area contributed by atoms with Crippen molar-refractivity contribution in [1.82, 2.24) is 10.2 Å². The zero-order chi connectivity index (χ0) is 11.2. The number of nitrogens with one attached hydrogen (secondary N) is 1. The van der Waals surface area contributed by atoms with Gasteiger partial charge in [-0.15, -0.1) is 0 Å². The van der Waals surface area contributed by atoms with E-state index in [2.05, 4.69) is 16.5 Å². The molecule has 2 aliphatic rings. The highest BCUT2D eigenvalue weighted by atomic mass is 32.2. The third kappa shape index (κ3) is 4.27. The standard InChI is InChI=1S/C13H26N2S/c1-16-10-4-2-3-8-14-12-7-9-15(11-12)13-5-6-13/h12-14H,2-11H2,1H3. The average Bonchev–Trinajstić information content (AvgIpc) is 3.04. The molecule has 0 amide bonds. The highest BCUT2D eigenvalue weighted by Crippen LogP contribution is 2.29. The first-order chi connectivity index (χ1) is 7.90. The molecule has 1 atom stereocenters. The van der Waals surface area contributed by atoms with Crippen molar-refractivity contribution in [2.45, 2.75) is 50.6 Å². The van der Waals surface area contributed by atoms with Crippen LogP contribution < -0.4 is 5.32 Å². The van der Waals surface area contributed by atoms with Gasteiger partial charge in [0.1, 0.15) is 0 Å². The Balaban J connectivity index is 1.44. The molecule has 3 heteroatoms. The van der Waals surface area contributed by atoms with E-state index in [1.807, 2.05) is 11.8 Å². The maximum atomic E-state index is 3.72. The lowest BCUT2D eigenvalue weighted by Crippen LogP contribution is -2.33. The molecule has 1 aliphatic carbocycles. The predicted molar refractivity (Wildman–Crippen MR) is 73.2 cm³/mol. The molecule has 0 spiro atoms. The highest BCUT2D eigenvalue weighted by Gasteiger charge is 2.33. The third-order valence-corrected chi connectivity index (χ3v) is 4.44. The van der Waals surface area contributed by atoms with Gasteiger partial charge in [-0.2, -0.15) is 11.8 Å². The molecule has 2 fully saturated rings. The van der Waals surface area contributed by atoms with Gasteiger partial charge in [0.25, 0.3) is 0 Å². The van der Waals surface area contributed by atoms with E-state index in [4.69, 9.17) is 0 Å². The molecule has 2 nitrogen and oxygen atoms in total. The maximum Gasteiger partial charge on any atom is 0.0207 e. The van der Waals surface area contributed by atoms with E-state index in [9.17, 15) is 0 Å². The van der Waals surface area contributed by atoms with Crippen LogP contribution in [0.4, 0.5) is 0 Å². The van der Waals surface area contributed by atoms with Crippen LogP contribution in [0.1, 0.15) is 38.5 Å². The first kappa shape index (κ1) is 12.7. The molecule has 1 saturated carbocycles. The monoisotopic (exact) mass is 242 g/mol. The van der Waals surface area contributed by atoms with Gasteiger partial charge in [-0.05, 0) is 50.7 Å². The minimum Gasteiger partial charge on any atom is -0.313 e. The second kappa shape index (κ2) is 6.87. The molecule has 94 valence electrons. The maximum absolute atomic E-state index is 3.72. The van der Waals surface area contributed by atoms with Crippen molar-refractivity contribution in [3.63, 3.8) is 0 Å². The summed E-state index contributed by atoms with van der Waals surface area (Å²) < 4.78 is 0. The molecule has 0 bridgehead atoms. The second-order valence-electron chi connectivity index (χ2n) is 5.22. The minimum absolute atomic E-state index is 0.793. The molecule has 0 aromatic carbocycles. The van der Waals surface area contributed by atoms with Crippen molar-refractivity contribution in [2.24, 2.45) is 0 Å². The fraction of sp³-hybridized carbons (Fsp3) is 1.00. The van der Waals surface area contributed by atoms with E-state index >= 15 is 0 Å². The summed E-state index contributed by atoms with van der Waals surface area (Å²) in [5, 5.41) is 3.72. The van der Waals surface area contributed by atoms with Gasteiger partial charge in [0.05, 0.1) is 0 Å². The predicted octanol–water partition coefficient (Wildman–Crippen LogP) is 2.35. The van der Waals surface area contributed by atoms with Gasteiger partial charge in [-0.3, -0.25) is 4.90 Å². The minimum atomic E-state index is 0.793. The summed E-state index contributed by atoms with van der Waals surface area (Å²) in [4.78, 5) is 2.69. The zero-order valence-electron chi connectivity index (χ0n) is 10.6. The van der Waals surface area contributed by atoms with Crippen molar-refractivity contribution in [1.29, 1.82) is 0 Å². The molecule has 0 aromatic heterocycles. The molecular formula is C13H26N2S. The number of nitrogens with zero attached hydrogens (tertiary/aromatic N) is 1. The molecule has 2 rings (SSSR count). The summed E-state index contributed by atoms with van der Waals surface area (Å²) >= 11 is 1.97. The Hall–Kier alpha value is 0.270. The highest BCUT2D eigenvalue weighted by molar-refractivity contribution is 7.98. The average molecular weight is 242 g/mol. The van der Waals surface area contributed by atoms with E-state index in [1.165, 1.54) is 63.9 Å². The van der Waals surface area contributed by atoms with Crippen LogP contribution in [0.5, 0.6) is 0 Å². The van der Waals surface area contributed by atoms with Crippen molar-refractivity contribution >= 4 is 11.8 Å². The summed E-state index contributed by atoms with van der Waals surface area (Å²) in [6.07, 6.45) is 10.6. The molecule has 1 aliphatic heterocycles. The van der Waals surface area contributed by atoms with Gasteiger partial charge in [-0.25, -0.2) is 0 Å². The summed E-state index contributed by atoms with van der Waals surface area (Å²) in [6, 6.07) is 1.76. The van der Waals surface area contributed by atoms with Gasteiger partial charge in [0.2, 0.25) is 0 Å². The SMILES string of the molecule is CSCCCCCNC1CCN(C2CC2)C1. The van der Waals surface area contributed by atoms with Gasteiger partial charge in [-0.1, -0.05) is 6.42 Å². The molecule has 1 heterocycles. The Bertz CT molecular complexity index is 194. The number of unbranched alkanes of at least 4 members (excludes halogenated alkanes) is 2. The molecular weight excluding hydrogens is 216 g/mol. The Morgan fingerprint density at radius 2 is 2.06 bits per heavy atom. The first-order valence-electron chi connectivity index (χ1n) is 6.86. The molecule has 1 unspecified atom stereocenters. The lowest BCUT2D eigenvalue weighted by atomic mass is 10.2. The van der Waals surface area contributed by atoms with Crippen LogP contribution >= 0.6 is 11.8 Å². The summed E-state index contributed by atoms with van der Waals surface area (Å²) in [6.45, 7) is 3.89. The van der Waals surface area contributed by atoms with Crippen LogP contribution in [0.25, 0.3) is 0 Å². The molecule has 16 heavy (non-hydrogen) atoms. The van der Waals surface area contributed by atoms with Crippen LogP contribution in [0.3, 0.4) is 0 Å². The smallest absolute Gasteiger partial charge is 0.0207 e. The van der Waals surface area contributed by atoms with E-state index in [0.29, 0.717) is 0 Å². The third-order valence-electron chi connectivity index (χ3n) is 3.74. The number of likely N-dealkylation sites (tertiary alicyclic amines) is 1. The number of rotatable bonds is 8. The lowest BCUT2D eigenvalue weighted by Gasteiger charge is -2.15. The fourth-order valence-electron chi connectivity index (χ4n) is 2.58. The van der Waals surface area contributed by atoms with Crippen molar-refractivity contribution in [3.05, 3.63) is 0 Å². The second-order valence-corrected chi connectivity index (χ2v) is 6.20. The molecule has 1 N–H and O–H groups in total. The van der Waals surface area contributed by atoms with Crippen LogP contribution in [0.2, 0.25) is 0 Å². The van der Waals surface area contributed by atoms with Crippen LogP contribution in [0, 0.1) is 0 Å². The van der Waals surface area contributed by atoms with Crippen LogP contribution in [0.15, 0.2) is 0 Å². The van der Waals surface area contributed by atoms with E-state index in [0.717, 1.165) is 12.1 Å². The van der Waals surface area contributed by atoms with Crippen LogP contribution in [-0.4, -0.2) is 48.6 Å². The van der Waals surface area contributed by atoms with Crippen LogP contribution in [-0.2, 0) is 0 Å². The largest absolute Gasteiger partial charge is 0.313 e. The van der Waals surface area contributed by atoms with Crippen molar-refractivity contribution in [3.8, 4) is 0 Å². The summed E-state index contributed by atoms with van der Waals surface area (Å²) in [5.41, 5.74) is 0.